The van der Waals surface area contributed by atoms with E-state index in [0.29, 0.717) is 0 Å². The van der Waals surface area contributed by atoms with E-state index in [1.165, 1.54) is 10.8 Å². The van der Waals surface area contributed by atoms with Crippen molar-refractivity contribution in [2.45, 2.75) is 26.2 Å². The molecule has 1 aliphatic carbocycles. The van der Waals surface area contributed by atoms with Crippen LogP contribution in [-0.4, -0.2) is 26.5 Å². The van der Waals surface area contributed by atoms with Crippen LogP contribution in [0.5, 0.6) is 0 Å². The lowest BCUT2D eigenvalue weighted by atomic mass is 10.1. The Labute approximate surface area is 142 Å². The fraction of sp³-hybridized carbons (Fsp3) is 0.250. The van der Waals surface area contributed by atoms with Crippen molar-refractivity contribution >= 4 is 59.4 Å². The zero-order valence-corrected chi connectivity index (χ0v) is 16.6. The molecule has 114 valence electrons. The van der Waals surface area contributed by atoms with Crippen LogP contribution in [0, 0.1) is 0 Å². The molecule has 1 aliphatic rings. The highest BCUT2D eigenvalue weighted by Crippen LogP contribution is 2.33. The quantitative estimate of drug-likeness (QED) is 0.509. The highest BCUT2D eigenvalue weighted by Gasteiger charge is 2.31. The van der Waals surface area contributed by atoms with Crippen LogP contribution in [0.4, 0.5) is 0 Å². The van der Waals surface area contributed by atoms with E-state index >= 15 is 0 Å². The predicted octanol–water partition coefficient (Wildman–Crippen LogP) is 5.31. The Balaban J connectivity index is 2.37. The predicted molar refractivity (Wildman–Crippen MR) is 104 cm³/mol. The summed E-state index contributed by atoms with van der Waals surface area (Å²) in [6, 6.07) is 12.6. The van der Waals surface area contributed by atoms with E-state index in [9.17, 15) is 0 Å². The Morgan fingerprint density at radius 2 is 1.14 bits per heavy atom. The molecule has 0 saturated heterocycles. The third-order valence-electron chi connectivity index (χ3n) is 3.39. The van der Waals surface area contributed by atoms with Crippen molar-refractivity contribution in [2.75, 3.05) is 0 Å². The van der Waals surface area contributed by atoms with Crippen molar-refractivity contribution in [3.05, 3.63) is 47.5 Å². The third kappa shape index (κ3) is 3.06. The SMILES string of the molecule is C[Si](C)(Cl)N=C1C(=N[Si](C)(C)Cl)c2cccc3cccc1c23. The van der Waals surface area contributed by atoms with Crippen molar-refractivity contribution in [3.63, 3.8) is 0 Å². The van der Waals surface area contributed by atoms with Crippen molar-refractivity contribution in [1.29, 1.82) is 0 Å². The van der Waals surface area contributed by atoms with Crippen molar-refractivity contribution in [3.8, 4) is 0 Å². The number of benzene rings is 2. The average Bonchev–Trinajstić information content (AvgIpc) is 2.64. The molecule has 0 atom stereocenters. The minimum Gasteiger partial charge on any atom is -0.301 e. The summed E-state index contributed by atoms with van der Waals surface area (Å²) in [5.41, 5.74) is 4.09. The van der Waals surface area contributed by atoms with Gasteiger partial charge in [0.25, 0.3) is 15.1 Å². The van der Waals surface area contributed by atoms with Gasteiger partial charge < -0.3 is 9.32 Å². The minimum atomic E-state index is -2.14. The molecule has 2 aromatic rings. The lowest BCUT2D eigenvalue weighted by Gasteiger charge is -2.13. The van der Waals surface area contributed by atoms with Crippen molar-refractivity contribution in [2.24, 2.45) is 9.32 Å². The number of halogens is 2. The van der Waals surface area contributed by atoms with Gasteiger partial charge in [-0.15, -0.1) is 22.2 Å². The van der Waals surface area contributed by atoms with E-state index in [1.807, 2.05) is 26.2 Å². The first kappa shape index (κ1) is 15.9. The normalized spacial score (nSPS) is 18.6. The van der Waals surface area contributed by atoms with Crippen LogP contribution in [0.3, 0.4) is 0 Å². The van der Waals surface area contributed by atoms with Gasteiger partial charge >= 0.3 is 0 Å². The third-order valence-corrected chi connectivity index (χ3v) is 5.41. The molecule has 0 N–H and O–H groups in total. The topological polar surface area (TPSA) is 24.7 Å². The van der Waals surface area contributed by atoms with Crippen LogP contribution < -0.4 is 0 Å². The molecule has 0 amide bonds. The minimum absolute atomic E-state index is 0.916. The van der Waals surface area contributed by atoms with E-state index in [4.69, 9.17) is 31.5 Å². The van der Waals surface area contributed by atoms with Crippen LogP contribution in [0.15, 0.2) is 45.7 Å². The molecular weight excluding hydrogens is 347 g/mol. The molecule has 0 heterocycles. The van der Waals surface area contributed by atoms with Crippen LogP contribution in [0.2, 0.25) is 26.2 Å². The number of rotatable bonds is 2. The van der Waals surface area contributed by atoms with Crippen LogP contribution in [0.25, 0.3) is 10.8 Å². The van der Waals surface area contributed by atoms with E-state index in [0.717, 1.165) is 22.6 Å². The molecule has 2 nitrogen and oxygen atoms in total. The molecule has 0 fully saturated rings. The van der Waals surface area contributed by atoms with Gasteiger partial charge in [0.15, 0.2) is 0 Å². The molecule has 22 heavy (non-hydrogen) atoms. The summed E-state index contributed by atoms with van der Waals surface area (Å²) in [5, 5.41) is 2.42. The zero-order valence-electron chi connectivity index (χ0n) is 13.1. The van der Waals surface area contributed by atoms with Crippen molar-refractivity contribution < 1.29 is 0 Å². The van der Waals surface area contributed by atoms with E-state index < -0.39 is 15.1 Å². The molecule has 0 aromatic heterocycles. The molecule has 0 bridgehead atoms. The summed E-state index contributed by atoms with van der Waals surface area (Å²) in [6.45, 7) is 8.08. The van der Waals surface area contributed by atoms with Crippen molar-refractivity contribution in [1.82, 2.24) is 0 Å². The van der Waals surface area contributed by atoms with Gasteiger partial charge in [0, 0.05) is 16.5 Å². The zero-order chi connectivity index (χ0) is 16.1. The van der Waals surface area contributed by atoms with Gasteiger partial charge in [-0.3, -0.25) is 0 Å². The lowest BCUT2D eigenvalue weighted by Crippen LogP contribution is -2.25. The summed E-state index contributed by atoms with van der Waals surface area (Å²) in [4.78, 5) is 0. The monoisotopic (exact) mass is 364 g/mol. The maximum atomic E-state index is 6.50. The molecule has 0 aliphatic heterocycles. The number of hydrogen-bond donors (Lipinski definition) is 0. The van der Waals surface area contributed by atoms with Gasteiger partial charge in [-0.25, -0.2) is 0 Å². The molecular formula is C16H18Cl2N2Si2. The van der Waals surface area contributed by atoms with Gasteiger partial charge in [-0.2, -0.15) is 0 Å². The Kier molecular flexibility index (Phi) is 3.84. The first-order valence-corrected chi connectivity index (χ1v) is 15.2. The standard InChI is InChI=1S/C16H18Cl2N2Si2/c1-21(2,17)19-15-12-9-5-7-11-8-6-10-13(14(11)12)16(15)20-22(3,4)18/h5-10H,1-4H3. The highest BCUT2D eigenvalue weighted by atomic mass is 35.6. The van der Waals surface area contributed by atoms with Gasteiger partial charge in [0.2, 0.25) is 0 Å². The van der Waals surface area contributed by atoms with Crippen LogP contribution in [0.1, 0.15) is 11.1 Å². The highest BCUT2D eigenvalue weighted by molar-refractivity contribution is 7.19. The first-order chi connectivity index (χ1) is 10.2. The average molecular weight is 365 g/mol. The Morgan fingerprint density at radius 1 is 0.727 bits per heavy atom. The Hall–Kier alpha value is -0.946. The van der Waals surface area contributed by atoms with Crippen LogP contribution >= 0.6 is 22.2 Å². The van der Waals surface area contributed by atoms with Gasteiger partial charge in [-0.1, -0.05) is 36.4 Å². The summed E-state index contributed by atoms with van der Waals surface area (Å²) < 4.78 is 9.74. The largest absolute Gasteiger partial charge is 0.301 e. The van der Waals surface area contributed by atoms with Gasteiger partial charge in [0.05, 0.1) is 11.4 Å². The smallest absolute Gasteiger partial charge is 0.270 e. The molecule has 2 aromatic carbocycles. The maximum Gasteiger partial charge on any atom is 0.270 e. The fourth-order valence-electron chi connectivity index (χ4n) is 2.75. The summed E-state index contributed by atoms with van der Waals surface area (Å²) >= 11 is 13.0. The summed E-state index contributed by atoms with van der Waals surface area (Å²) in [7, 11) is -4.29. The molecule has 6 heteroatoms. The molecule has 0 spiro atoms. The molecule has 3 rings (SSSR count). The van der Waals surface area contributed by atoms with Gasteiger partial charge in [-0.05, 0) is 31.6 Å². The Bertz CT molecular complexity index is 750. The molecule has 0 saturated carbocycles. The van der Waals surface area contributed by atoms with E-state index in [-0.39, 0.29) is 0 Å². The second kappa shape index (κ2) is 5.30. The summed E-state index contributed by atoms with van der Waals surface area (Å²) in [5.74, 6) is 0. The van der Waals surface area contributed by atoms with Crippen LogP contribution in [-0.2, 0) is 0 Å². The van der Waals surface area contributed by atoms with E-state index in [2.05, 4.69) is 36.4 Å². The Morgan fingerprint density at radius 3 is 1.50 bits per heavy atom. The lowest BCUT2D eigenvalue weighted by molar-refractivity contribution is 1.63. The first-order valence-electron chi connectivity index (χ1n) is 7.26. The number of nitrogens with zero attached hydrogens (tertiary/aromatic N) is 2. The van der Waals surface area contributed by atoms with E-state index in [1.54, 1.807) is 0 Å². The van der Waals surface area contributed by atoms with Gasteiger partial charge in [0.1, 0.15) is 0 Å². The fourth-order valence-corrected chi connectivity index (χ4v) is 4.77. The molecule has 0 unspecified atom stereocenters. The molecule has 0 radical (unpaired) electrons. The second-order valence-corrected chi connectivity index (χ2v) is 18.1. The summed E-state index contributed by atoms with van der Waals surface area (Å²) in [6.07, 6.45) is 0. The second-order valence-electron chi connectivity index (χ2n) is 6.45. The maximum absolute atomic E-state index is 6.50. The number of hydrogen-bond acceptors (Lipinski definition) is 2.